The van der Waals surface area contributed by atoms with E-state index in [1.807, 2.05) is 0 Å². The molecule has 2 amide bonds. The van der Waals surface area contributed by atoms with E-state index < -0.39 is 30.5 Å². The number of fused-ring (bicyclic) bond motifs is 2. The number of rotatable bonds is 4. The summed E-state index contributed by atoms with van der Waals surface area (Å²) in [4.78, 5) is 36.1. The quantitative estimate of drug-likeness (QED) is 0.551. The highest BCUT2D eigenvalue weighted by atomic mass is 16.6. The third-order valence-electron chi connectivity index (χ3n) is 4.24. The van der Waals surface area contributed by atoms with Crippen LogP contribution in [0.15, 0.2) is 42.5 Å². The fourth-order valence-electron chi connectivity index (χ4n) is 2.78. The molecule has 2 N–H and O–H groups in total. The maximum Gasteiger partial charge on any atom is 0.338 e. The molecule has 2 aliphatic rings. The Kier molecular flexibility index (Phi) is 5.55. The lowest BCUT2D eigenvalue weighted by Gasteiger charge is -2.25. The van der Waals surface area contributed by atoms with E-state index in [4.69, 9.17) is 23.7 Å². The zero-order valence-corrected chi connectivity index (χ0v) is 15.7. The van der Waals surface area contributed by atoms with E-state index >= 15 is 0 Å². The molecule has 156 valence electrons. The maximum atomic E-state index is 12.1. The molecule has 0 spiro atoms. The predicted octanol–water partition coefficient (Wildman–Crippen LogP) is 0.602. The minimum Gasteiger partial charge on any atom is -0.486 e. The number of nitrogens with one attached hydrogen (secondary N) is 2. The fourth-order valence-corrected chi connectivity index (χ4v) is 2.78. The number of carbonyl (C=O) groups is 3. The number of esters is 1. The summed E-state index contributed by atoms with van der Waals surface area (Å²) in [5.74, 6) is -0.0878. The molecule has 0 aromatic heterocycles. The molecule has 0 aliphatic carbocycles. The molecule has 0 radical (unpaired) electrons. The third-order valence-corrected chi connectivity index (χ3v) is 4.24. The number of amides is 2. The van der Waals surface area contributed by atoms with Crippen LogP contribution < -0.4 is 29.8 Å². The number of hydrazine groups is 1. The van der Waals surface area contributed by atoms with Gasteiger partial charge in [-0.15, -0.1) is 0 Å². The van der Waals surface area contributed by atoms with Crippen molar-refractivity contribution < 1.29 is 38.1 Å². The van der Waals surface area contributed by atoms with E-state index in [0.29, 0.717) is 36.2 Å². The largest absolute Gasteiger partial charge is 0.486 e. The summed E-state index contributed by atoms with van der Waals surface area (Å²) in [5, 5.41) is 0. The summed E-state index contributed by atoms with van der Waals surface area (Å²) in [6.45, 7) is 0.235. The van der Waals surface area contributed by atoms with Crippen molar-refractivity contribution in [1.82, 2.24) is 10.9 Å². The Morgan fingerprint density at radius 3 is 2.47 bits per heavy atom. The molecule has 0 bridgehead atoms. The number of carbonyl (C=O) groups excluding carboxylic acids is 3. The first kappa shape index (κ1) is 19.4. The third kappa shape index (κ3) is 4.37. The van der Waals surface area contributed by atoms with Crippen LogP contribution in [0.3, 0.4) is 0 Å². The molecule has 2 aromatic rings. The average Bonchev–Trinajstić information content (AvgIpc) is 2.80. The highest BCUT2D eigenvalue weighted by molar-refractivity contribution is 5.92. The topological polar surface area (TPSA) is 121 Å². The van der Waals surface area contributed by atoms with Gasteiger partial charge in [-0.3, -0.25) is 20.4 Å². The molecular weight excluding hydrogens is 396 g/mol. The highest BCUT2D eigenvalue weighted by Gasteiger charge is 2.27. The van der Waals surface area contributed by atoms with Crippen LogP contribution in [0, 0.1) is 0 Å². The standard InChI is InChI=1S/C20H18N2O8/c23-18(11-29-20(25)12-5-6-14-16(9-12)27-8-7-26-14)21-22-19(24)17-10-28-13-3-1-2-4-15(13)30-17/h1-6,9,17H,7-8,10-11H2,(H,21,23)(H,22,24)/t17-/m0/s1. The molecule has 10 heteroatoms. The molecule has 10 nitrogen and oxygen atoms in total. The molecular formula is C20H18N2O8. The van der Waals surface area contributed by atoms with Crippen molar-refractivity contribution in [3.8, 4) is 23.0 Å². The van der Waals surface area contributed by atoms with Crippen LogP contribution in [0.4, 0.5) is 0 Å². The normalized spacial score (nSPS) is 16.2. The molecule has 2 aliphatic heterocycles. The van der Waals surface area contributed by atoms with Crippen LogP contribution in [-0.2, 0) is 14.3 Å². The van der Waals surface area contributed by atoms with Crippen LogP contribution in [0.5, 0.6) is 23.0 Å². The van der Waals surface area contributed by atoms with Gasteiger partial charge in [-0.1, -0.05) is 12.1 Å². The molecule has 2 heterocycles. The van der Waals surface area contributed by atoms with E-state index in [-0.39, 0.29) is 12.2 Å². The molecule has 30 heavy (non-hydrogen) atoms. The summed E-state index contributed by atoms with van der Waals surface area (Å²) in [6, 6.07) is 11.5. The second-order valence-corrected chi connectivity index (χ2v) is 6.34. The Hall–Kier alpha value is -3.95. The lowest BCUT2D eigenvalue weighted by atomic mass is 10.2. The van der Waals surface area contributed by atoms with E-state index in [1.165, 1.54) is 12.1 Å². The van der Waals surface area contributed by atoms with Gasteiger partial charge in [-0.25, -0.2) is 4.79 Å². The summed E-state index contributed by atoms with van der Waals surface area (Å²) in [5.41, 5.74) is 4.59. The molecule has 0 unspecified atom stereocenters. The lowest BCUT2D eigenvalue weighted by molar-refractivity contribution is -0.135. The predicted molar refractivity (Wildman–Crippen MR) is 100 cm³/mol. The minimum atomic E-state index is -0.930. The van der Waals surface area contributed by atoms with E-state index in [2.05, 4.69) is 10.9 Å². The van der Waals surface area contributed by atoms with Crippen molar-refractivity contribution in [2.45, 2.75) is 6.10 Å². The zero-order chi connectivity index (χ0) is 20.9. The highest BCUT2D eigenvalue weighted by Crippen LogP contribution is 2.31. The Labute approximate surface area is 171 Å². The number of hydrogen-bond acceptors (Lipinski definition) is 8. The van der Waals surface area contributed by atoms with Crippen molar-refractivity contribution in [2.75, 3.05) is 26.4 Å². The molecule has 0 fully saturated rings. The van der Waals surface area contributed by atoms with Crippen LogP contribution in [0.1, 0.15) is 10.4 Å². The smallest absolute Gasteiger partial charge is 0.338 e. The fraction of sp³-hybridized carbons (Fsp3) is 0.250. The second kappa shape index (κ2) is 8.60. The van der Waals surface area contributed by atoms with Gasteiger partial charge in [0, 0.05) is 0 Å². The summed E-state index contributed by atoms with van der Waals surface area (Å²) >= 11 is 0. The number of para-hydroxylation sites is 2. The van der Waals surface area contributed by atoms with Gasteiger partial charge in [0.2, 0.25) is 6.10 Å². The zero-order valence-electron chi connectivity index (χ0n) is 15.7. The minimum absolute atomic E-state index is 0.00217. The Morgan fingerprint density at radius 2 is 1.63 bits per heavy atom. The maximum absolute atomic E-state index is 12.1. The molecule has 2 aromatic carbocycles. The van der Waals surface area contributed by atoms with E-state index in [0.717, 1.165) is 0 Å². The second-order valence-electron chi connectivity index (χ2n) is 6.34. The monoisotopic (exact) mass is 414 g/mol. The first-order chi connectivity index (χ1) is 14.6. The summed E-state index contributed by atoms with van der Waals surface area (Å²) < 4.78 is 26.7. The SMILES string of the molecule is O=C(COC(=O)c1ccc2c(c1)OCCO2)NNC(=O)[C@@H]1COc2ccccc2O1. The van der Waals surface area contributed by atoms with Gasteiger partial charge in [0.25, 0.3) is 11.8 Å². The first-order valence-electron chi connectivity index (χ1n) is 9.14. The van der Waals surface area contributed by atoms with Gasteiger partial charge in [-0.2, -0.15) is 0 Å². The van der Waals surface area contributed by atoms with E-state index in [1.54, 1.807) is 30.3 Å². The Morgan fingerprint density at radius 1 is 0.900 bits per heavy atom. The Balaban J connectivity index is 1.22. The first-order valence-corrected chi connectivity index (χ1v) is 9.14. The van der Waals surface area contributed by atoms with Crippen molar-refractivity contribution in [1.29, 1.82) is 0 Å². The Bertz CT molecular complexity index is 977. The number of benzene rings is 2. The number of ether oxygens (including phenoxy) is 5. The van der Waals surface area contributed by atoms with Gasteiger partial charge in [0.1, 0.15) is 19.8 Å². The molecule has 0 saturated carbocycles. The van der Waals surface area contributed by atoms with Gasteiger partial charge < -0.3 is 23.7 Å². The van der Waals surface area contributed by atoms with Crippen LogP contribution >= 0.6 is 0 Å². The molecule has 4 rings (SSSR count). The van der Waals surface area contributed by atoms with E-state index in [9.17, 15) is 14.4 Å². The van der Waals surface area contributed by atoms with Crippen molar-refractivity contribution in [2.24, 2.45) is 0 Å². The van der Waals surface area contributed by atoms with Crippen molar-refractivity contribution >= 4 is 17.8 Å². The van der Waals surface area contributed by atoms with Gasteiger partial charge >= 0.3 is 5.97 Å². The average molecular weight is 414 g/mol. The number of hydrogen-bond donors (Lipinski definition) is 2. The van der Waals surface area contributed by atoms with Gasteiger partial charge in [0.05, 0.1) is 5.56 Å². The summed E-state index contributed by atoms with van der Waals surface area (Å²) in [7, 11) is 0. The van der Waals surface area contributed by atoms with Crippen LogP contribution in [-0.4, -0.2) is 50.3 Å². The van der Waals surface area contributed by atoms with Crippen LogP contribution in [0.25, 0.3) is 0 Å². The van der Waals surface area contributed by atoms with Crippen molar-refractivity contribution in [3.63, 3.8) is 0 Å². The van der Waals surface area contributed by atoms with Crippen molar-refractivity contribution in [3.05, 3.63) is 48.0 Å². The molecule has 1 atom stereocenters. The lowest BCUT2D eigenvalue weighted by Crippen LogP contribution is -2.51. The van der Waals surface area contributed by atoms with Gasteiger partial charge in [0.15, 0.2) is 29.6 Å². The summed E-state index contributed by atoms with van der Waals surface area (Å²) in [6.07, 6.45) is -0.930. The van der Waals surface area contributed by atoms with Crippen LogP contribution in [0.2, 0.25) is 0 Å². The molecule has 0 saturated heterocycles. The van der Waals surface area contributed by atoms with Gasteiger partial charge in [-0.05, 0) is 30.3 Å².